The number of carbonyl (C=O) groups is 1. The first-order valence-corrected chi connectivity index (χ1v) is 9.27. The number of allylic oxidation sites excluding steroid dienone is 1. The van der Waals surface area contributed by atoms with Gasteiger partial charge < -0.3 is 10.1 Å². The number of benzene rings is 2. The number of nitro benzene ring substituents is 1. The molecule has 1 N–H and O–H groups in total. The number of nitro groups is 1. The third-order valence-electron chi connectivity index (χ3n) is 4.79. The van der Waals surface area contributed by atoms with Crippen molar-refractivity contribution in [2.24, 2.45) is 0 Å². The monoisotopic (exact) mass is 392 g/mol. The van der Waals surface area contributed by atoms with Crippen LogP contribution in [0.5, 0.6) is 0 Å². The number of esters is 1. The van der Waals surface area contributed by atoms with E-state index in [-0.39, 0.29) is 11.8 Å². The number of non-ortho nitro benzene ring substituents is 1. The van der Waals surface area contributed by atoms with Crippen LogP contribution in [0.3, 0.4) is 0 Å². The maximum absolute atomic E-state index is 13.0. The van der Waals surface area contributed by atoms with Crippen LogP contribution >= 0.6 is 0 Å². The fraction of sp³-hybridized carbons (Fsp3) is 0.238. The molecule has 0 saturated heterocycles. The van der Waals surface area contributed by atoms with Crippen LogP contribution in [0.4, 0.5) is 11.6 Å². The van der Waals surface area contributed by atoms with Crippen molar-refractivity contribution in [3.8, 4) is 0 Å². The van der Waals surface area contributed by atoms with E-state index < -0.39 is 16.9 Å². The molecule has 0 aliphatic carbocycles. The van der Waals surface area contributed by atoms with Crippen molar-refractivity contribution >= 4 is 28.6 Å². The highest BCUT2D eigenvalue weighted by atomic mass is 16.6. The molecule has 2 heterocycles. The number of imidazole rings is 1. The van der Waals surface area contributed by atoms with Crippen LogP contribution in [0.15, 0.2) is 59.8 Å². The van der Waals surface area contributed by atoms with Gasteiger partial charge in [0.2, 0.25) is 5.95 Å². The highest BCUT2D eigenvalue weighted by molar-refractivity contribution is 5.94. The second-order valence-electron chi connectivity index (χ2n) is 7.17. The Bertz CT molecular complexity index is 1160. The molecule has 0 bridgehead atoms. The Hall–Kier alpha value is -3.68. The minimum absolute atomic E-state index is 0.0405. The molecular weight excluding hydrogens is 372 g/mol. The number of hydrogen-bond donors (Lipinski definition) is 1. The minimum Gasteiger partial charge on any atom is -0.459 e. The summed E-state index contributed by atoms with van der Waals surface area (Å²) >= 11 is 0. The van der Waals surface area contributed by atoms with Gasteiger partial charge in [-0.2, -0.15) is 0 Å². The number of ether oxygens (including phenoxy) is 1. The van der Waals surface area contributed by atoms with E-state index in [4.69, 9.17) is 4.74 Å². The lowest BCUT2D eigenvalue weighted by Crippen LogP contribution is -2.30. The summed E-state index contributed by atoms with van der Waals surface area (Å²) in [4.78, 5) is 28.5. The molecule has 3 aromatic rings. The van der Waals surface area contributed by atoms with Gasteiger partial charge in [-0.1, -0.05) is 24.3 Å². The molecule has 0 saturated carbocycles. The average Bonchev–Trinajstić information content (AvgIpc) is 3.04. The zero-order valence-corrected chi connectivity index (χ0v) is 16.2. The van der Waals surface area contributed by atoms with E-state index >= 15 is 0 Å². The lowest BCUT2D eigenvalue weighted by atomic mass is 9.94. The van der Waals surface area contributed by atoms with Gasteiger partial charge in [0.15, 0.2) is 0 Å². The second kappa shape index (κ2) is 7.05. The Morgan fingerprint density at radius 3 is 2.72 bits per heavy atom. The Labute approximate surface area is 167 Å². The van der Waals surface area contributed by atoms with Crippen LogP contribution in [0, 0.1) is 10.1 Å². The lowest BCUT2D eigenvalue weighted by Gasteiger charge is -2.30. The third-order valence-corrected chi connectivity index (χ3v) is 4.79. The van der Waals surface area contributed by atoms with Gasteiger partial charge >= 0.3 is 5.97 Å². The zero-order chi connectivity index (χ0) is 20.7. The second-order valence-corrected chi connectivity index (χ2v) is 7.17. The van der Waals surface area contributed by atoms with Crippen LogP contribution in [-0.2, 0) is 9.53 Å². The molecule has 1 aliphatic heterocycles. The van der Waals surface area contributed by atoms with Gasteiger partial charge in [-0.25, -0.2) is 9.78 Å². The van der Waals surface area contributed by atoms with Gasteiger partial charge in [0.1, 0.15) is 0 Å². The van der Waals surface area contributed by atoms with E-state index in [2.05, 4.69) is 10.3 Å². The SMILES string of the molecule is CC1=C(C(=O)OC(C)C)[C@@H](c2cccc([N+](=O)[O-])c2)n2c(nc3ccccc32)N1. The summed E-state index contributed by atoms with van der Waals surface area (Å²) in [6.07, 6.45) is -0.297. The number of rotatable bonds is 4. The maximum atomic E-state index is 13.0. The molecule has 0 spiro atoms. The van der Waals surface area contributed by atoms with E-state index in [1.165, 1.54) is 12.1 Å². The van der Waals surface area contributed by atoms with Crippen LogP contribution < -0.4 is 5.32 Å². The number of nitrogens with one attached hydrogen (secondary N) is 1. The highest BCUT2D eigenvalue weighted by Crippen LogP contribution is 2.40. The molecular formula is C21H20N4O4. The van der Waals surface area contributed by atoms with Crippen LogP contribution in [0.2, 0.25) is 0 Å². The van der Waals surface area contributed by atoms with Crippen molar-refractivity contribution in [2.45, 2.75) is 32.9 Å². The number of para-hydroxylation sites is 2. The summed E-state index contributed by atoms with van der Waals surface area (Å²) < 4.78 is 7.38. The zero-order valence-electron chi connectivity index (χ0n) is 16.2. The fourth-order valence-corrected chi connectivity index (χ4v) is 3.63. The molecule has 0 unspecified atom stereocenters. The van der Waals surface area contributed by atoms with Gasteiger partial charge in [0, 0.05) is 17.8 Å². The number of nitrogens with zero attached hydrogens (tertiary/aromatic N) is 3. The number of carbonyl (C=O) groups excluding carboxylic acids is 1. The number of hydrogen-bond acceptors (Lipinski definition) is 6. The van der Waals surface area contributed by atoms with Crippen molar-refractivity contribution < 1.29 is 14.5 Å². The van der Waals surface area contributed by atoms with E-state index in [1.54, 1.807) is 32.9 Å². The van der Waals surface area contributed by atoms with E-state index in [0.29, 0.717) is 22.8 Å². The van der Waals surface area contributed by atoms with Crippen LogP contribution in [0.1, 0.15) is 32.4 Å². The predicted molar refractivity (Wildman–Crippen MR) is 109 cm³/mol. The first-order valence-electron chi connectivity index (χ1n) is 9.27. The Morgan fingerprint density at radius 2 is 2.00 bits per heavy atom. The maximum Gasteiger partial charge on any atom is 0.338 e. The van der Waals surface area contributed by atoms with Gasteiger partial charge in [-0.05, 0) is 38.5 Å². The Morgan fingerprint density at radius 1 is 1.24 bits per heavy atom. The van der Waals surface area contributed by atoms with Crippen molar-refractivity contribution in [1.29, 1.82) is 0 Å². The molecule has 8 heteroatoms. The first-order chi connectivity index (χ1) is 13.9. The fourth-order valence-electron chi connectivity index (χ4n) is 3.63. The summed E-state index contributed by atoms with van der Waals surface area (Å²) in [6, 6.07) is 13.3. The summed E-state index contributed by atoms with van der Waals surface area (Å²) in [5.41, 5.74) is 3.15. The van der Waals surface area contributed by atoms with Crippen molar-refractivity contribution in [2.75, 3.05) is 5.32 Å². The number of anilines is 1. The normalized spacial score (nSPS) is 15.9. The average molecular weight is 392 g/mol. The van der Waals surface area contributed by atoms with E-state index in [0.717, 1.165) is 11.0 Å². The molecule has 148 valence electrons. The summed E-state index contributed by atoms with van der Waals surface area (Å²) in [5.74, 6) is 0.103. The largest absolute Gasteiger partial charge is 0.459 e. The van der Waals surface area contributed by atoms with Crippen LogP contribution in [0.25, 0.3) is 11.0 Å². The summed E-state index contributed by atoms with van der Waals surface area (Å²) in [7, 11) is 0. The van der Waals surface area contributed by atoms with Gasteiger partial charge in [0.05, 0.1) is 33.7 Å². The highest BCUT2D eigenvalue weighted by Gasteiger charge is 2.35. The first kappa shape index (κ1) is 18.7. The van der Waals surface area contributed by atoms with Gasteiger partial charge in [0.25, 0.3) is 5.69 Å². The van der Waals surface area contributed by atoms with Gasteiger partial charge in [-0.15, -0.1) is 0 Å². The molecule has 1 atom stereocenters. The number of aromatic nitrogens is 2. The molecule has 0 fully saturated rings. The molecule has 2 aromatic carbocycles. The summed E-state index contributed by atoms with van der Waals surface area (Å²) in [6.45, 7) is 5.35. The van der Waals surface area contributed by atoms with E-state index in [9.17, 15) is 14.9 Å². The molecule has 8 nitrogen and oxygen atoms in total. The third kappa shape index (κ3) is 3.22. The van der Waals surface area contributed by atoms with E-state index in [1.807, 2.05) is 28.8 Å². The van der Waals surface area contributed by atoms with Crippen LogP contribution in [-0.4, -0.2) is 26.5 Å². The molecule has 1 aromatic heterocycles. The quantitative estimate of drug-likeness (QED) is 0.406. The topological polar surface area (TPSA) is 99.3 Å². The lowest BCUT2D eigenvalue weighted by molar-refractivity contribution is -0.384. The molecule has 0 amide bonds. The Kier molecular flexibility index (Phi) is 4.54. The standard InChI is InChI=1S/C21H20N4O4/c1-12(2)29-20(26)18-13(3)22-21-23-16-9-4-5-10-17(16)24(21)19(18)14-7-6-8-15(11-14)25(27)28/h4-12,19H,1-3H3,(H,22,23)/t19-/m1/s1. The smallest absolute Gasteiger partial charge is 0.338 e. The van der Waals surface area contributed by atoms with Crippen molar-refractivity contribution in [1.82, 2.24) is 9.55 Å². The van der Waals surface area contributed by atoms with Crippen molar-refractivity contribution in [3.05, 3.63) is 75.5 Å². The number of fused-ring (bicyclic) bond motifs is 3. The molecule has 29 heavy (non-hydrogen) atoms. The summed E-state index contributed by atoms with van der Waals surface area (Å²) in [5, 5.41) is 14.5. The van der Waals surface area contributed by atoms with Crippen molar-refractivity contribution in [3.63, 3.8) is 0 Å². The predicted octanol–water partition coefficient (Wildman–Crippen LogP) is 4.19. The molecule has 4 rings (SSSR count). The minimum atomic E-state index is -0.607. The molecule has 1 aliphatic rings. The Balaban J connectivity index is 1.97. The van der Waals surface area contributed by atoms with Gasteiger partial charge in [-0.3, -0.25) is 14.7 Å². The molecule has 0 radical (unpaired) electrons.